The molecule has 0 bridgehead atoms. The number of furan rings is 1. The summed E-state index contributed by atoms with van der Waals surface area (Å²) >= 11 is 5.92. The third-order valence-corrected chi connectivity index (χ3v) is 3.53. The van der Waals surface area contributed by atoms with Gasteiger partial charge in [0.15, 0.2) is 0 Å². The Morgan fingerprint density at radius 1 is 1.00 bits per heavy atom. The van der Waals surface area contributed by atoms with Crippen molar-refractivity contribution in [3.63, 3.8) is 0 Å². The third kappa shape index (κ3) is 3.08. The van der Waals surface area contributed by atoms with E-state index in [0.29, 0.717) is 22.1 Å². The predicted molar refractivity (Wildman–Crippen MR) is 79.3 cm³/mol. The maximum atomic E-state index is 12.1. The summed E-state index contributed by atoms with van der Waals surface area (Å²) in [4.78, 5) is 24.0. The first-order chi connectivity index (χ1) is 9.91. The molecule has 0 saturated carbocycles. The molecule has 5 nitrogen and oxygen atoms in total. The summed E-state index contributed by atoms with van der Waals surface area (Å²) in [6, 6.07) is 6.59. The average Bonchev–Trinajstić information content (AvgIpc) is 2.70. The van der Waals surface area contributed by atoms with Crippen molar-refractivity contribution in [2.45, 2.75) is 20.8 Å². The van der Waals surface area contributed by atoms with Crippen molar-refractivity contribution < 1.29 is 14.0 Å². The second-order valence-electron chi connectivity index (χ2n) is 4.60. The number of benzene rings is 1. The van der Waals surface area contributed by atoms with E-state index < -0.39 is 11.8 Å². The van der Waals surface area contributed by atoms with E-state index in [4.69, 9.17) is 16.0 Å². The van der Waals surface area contributed by atoms with E-state index in [1.807, 2.05) is 0 Å². The molecule has 1 aromatic carbocycles. The Hall–Kier alpha value is -2.27. The van der Waals surface area contributed by atoms with Crippen LogP contribution in [0.3, 0.4) is 0 Å². The van der Waals surface area contributed by atoms with Gasteiger partial charge >= 0.3 is 0 Å². The predicted octanol–water partition coefficient (Wildman–Crippen LogP) is 2.93. The molecule has 0 radical (unpaired) electrons. The Morgan fingerprint density at radius 2 is 1.62 bits per heavy atom. The lowest BCUT2D eigenvalue weighted by Crippen LogP contribution is -2.42. The zero-order chi connectivity index (χ0) is 15.6. The number of amides is 2. The Bertz CT molecular complexity index is 707. The molecule has 110 valence electrons. The van der Waals surface area contributed by atoms with E-state index >= 15 is 0 Å². The van der Waals surface area contributed by atoms with Crippen LogP contribution in [0, 0.1) is 20.8 Å². The number of aryl methyl sites for hydroxylation is 2. The molecule has 0 aliphatic rings. The fraction of sp³-hybridized carbons (Fsp3) is 0.200. The monoisotopic (exact) mass is 306 g/mol. The second-order valence-corrected chi connectivity index (χ2v) is 5.01. The largest absolute Gasteiger partial charge is 0.466 e. The van der Waals surface area contributed by atoms with Crippen molar-refractivity contribution >= 4 is 23.4 Å². The molecule has 0 aliphatic heterocycles. The molecular formula is C15H15ClN2O3. The van der Waals surface area contributed by atoms with E-state index in [1.54, 1.807) is 45.0 Å². The minimum atomic E-state index is -0.482. The van der Waals surface area contributed by atoms with Gasteiger partial charge in [0, 0.05) is 5.56 Å². The van der Waals surface area contributed by atoms with Crippen LogP contribution in [0.2, 0.25) is 5.02 Å². The molecule has 6 heteroatoms. The summed E-state index contributed by atoms with van der Waals surface area (Å²) in [6.45, 7) is 5.27. The second kappa shape index (κ2) is 6.01. The zero-order valence-corrected chi connectivity index (χ0v) is 12.7. The number of hydrazine groups is 1. The van der Waals surface area contributed by atoms with E-state index in [9.17, 15) is 9.59 Å². The van der Waals surface area contributed by atoms with E-state index in [0.717, 1.165) is 5.56 Å². The molecular weight excluding hydrogens is 292 g/mol. The van der Waals surface area contributed by atoms with Gasteiger partial charge in [0.05, 0.1) is 16.1 Å². The van der Waals surface area contributed by atoms with Gasteiger partial charge in [-0.1, -0.05) is 23.7 Å². The number of hydrogen-bond acceptors (Lipinski definition) is 3. The summed E-state index contributed by atoms with van der Waals surface area (Å²) in [5.41, 5.74) is 6.16. The van der Waals surface area contributed by atoms with Gasteiger partial charge in [0.1, 0.15) is 11.5 Å². The topological polar surface area (TPSA) is 71.3 Å². The summed E-state index contributed by atoms with van der Waals surface area (Å²) < 4.78 is 5.38. The zero-order valence-electron chi connectivity index (χ0n) is 11.9. The van der Waals surface area contributed by atoms with Crippen LogP contribution in [-0.2, 0) is 0 Å². The highest BCUT2D eigenvalue weighted by Gasteiger charge is 2.19. The van der Waals surface area contributed by atoms with Gasteiger partial charge in [0.2, 0.25) is 0 Å². The van der Waals surface area contributed by atoms with Crippen molar-refractivity contribution in [3.05, 3.63) is 57.5 Å². The van der Waals surface area contributed by atoms with Gasteiger partial charge in [-0.25, -0.2) is 0 Å². The SMILES string of the molecule is Cc1oc(C)c(C(=O)NNC(=O)c2ccccc2Cl)c1C. The first kappa shape index (κ1) is 15.1. The van der Waals surface area contributed by atoms with Crippen molar-refractivity contribution in [3.8, 4) is 0 Å². The molecule has 2 N–H and O–H groups in total. The van der Waals surface area contributed by atoms with Crippen LogP contribution < -0.4 is 10.9 Å². The molecule has 0 fully saturated rings. The standard InChI is InChI=1S/C15H15ClN2O3/c1-8-9(2)21-10(3)13(8)15(20)18-17-14(19)11-6-4-5-7-12(11)16/h4-7H,1-3H3,(H,17,19)(H,18,20). The number of nitrogens with one attached hydrogen (secondary N) is 2. The molecule has 0 spiro atoms. The molecule has 2 amide bonds. The number of carbonyl (C=O) groups is 2. The number of carbonyl (C=O) groups excluding carboxylic acids is 2. The van der Waals surface area contributed by atoms with Crippen molar-refractivity contribution in [2.24, 2.45) is 0 Å². The summed E-state index contributed by atoms with van der Waals surface area (Å²) in [5, 5.41) is 0.316. The van der Waals surface area contributed by atoms with Crippen LogP contribution in [0.5, 0.6) is 0 Å². The van der Waals surface area contributed by atoms with Gasteiger partial charge in [-0.15, -0.1) is 0 Å². The molecule has 2 rings (SSSR count). The van der Waals surface area contributed by atoms with Crippen LogP contribution in [0.4, 0.5) is 0 Å². The molecule has 0 aliphatic carbocycles. The summed E-state index contributed by atoms with van der Waals surface area (Å²) in [7, 11) is 0. The van der Waals surface area contributed by atoms with Crippen molar-refractivity contribution in [1.29, 1.82) is 0 Å². The van der Waals surface area contributed by atoms with E-state index in [2.05, 4.69) is 10.9 Å². The number of halogens is 1. The smallest absolute Gasteiger partial charge is 0.273 e. The molecule has 0 unspecified atom stereocenters. The summed E-state index contributed by atoms with van der Waals surface area (Å²) in [6.07, 6.45) is 0. The van der Waals surface area contributed by atoms with Gasteiger partial charge in [-0.2, -0.15) is 0 Å². The Kier molecular flexibility index (Phi) is 4.33. The maximum absolute atomic E-state index is 12.1. The maximum Gasteiger partial charge on any atom is 0.273 e. The molecule has 21 heavy (non-hydrogen) atoms. The minimum absolute atomic E-state index is 0.288. The highest BCUT2D eigenvalue weighted by atomic mass is 35.5. The summed E-state index contributed by atoms with van der Waals surface area (Å²) in [5.74, 6) is 0.274. The van der Waals surface area contributed by atoms with Crippen LogP contribution in [0.1, 0.15) is 37.8 Å². The molecule has 1 heterocycles. The van der Waals surface area contributed by atoms with Crippen LogP contribution in [0.25, 0.3) is 0 Å². The molecule has 2 aromatic rings. The van der Waals surface area contributed by atoms with Gasteiger partial charge in [-0.05, 0) is 32.9 Å². The van der Waals surface area contributed by atoms with Gasteiger partial charge in [-0.3, -0.25) is 20.4 Å². The van der Waals surface area contributed by atoms with E-state index in [-0.39, 0.29) is 5.56 Å². The molecule has 0 saturated heterocycles. The molecule has 0 atom stereocenters. The Labute approximate surface area is 127 Å². The lowest BCUT2D eigenvalue weighted by atomic mass is 10.1. The Morgan fingerprint density at radius 3 is 2.19 bits per heavy atom. The average molecular weight is 307 g/mol. The number of hydrogen-bond donors (Lipinski definition) is 2. The van der Waals surface area contributed by atoms with Gasteiger partial charge < -0.3 is 4.42 Å². The normalized spacial score (nSPS) is 10.3. The Balaban J connectivity index is 2.08. The lowest BCUT2D eigenvalue weighted by molar-refractivity contribution is 0.0845. The van der Waals surface area contributed by atoms with E-state index in [1.165, 1.54) is 0 Å². The van der Waals surface area contributed by atoms with Crippen molar-refractivity contribution in [1.82, 2.24) is 10.9 Å². The quantitative estimate of drug-likeness (QED) is 0.838. The first-order valence-corrected chi connectivity index (χ1v) is 6.71. The fourth-order valence-electron chi connectivity index (χ4n) is 2.02. The van der Waals surface area contributed by atoms with Crippen LogP contribution in [-0.4, -0.2) is 11.8 Å². The van der Waals surface area contributed by atoms with Gasteiger partial charge in [0.25, 0.3) is 11.8 Å². The first-order valence-electron chi connectivity index (χ1n) is 6.33. The minimum Gasteiger partial charge on any atom is -0.466 e. The molecule has 1 aromatic heterocycles. The fourth-order valence-corrected chi connectivity index (χ4v) is 2.24. The highest BCUT2D eigenvalue weighted by molar-refractivity contribution is 6.33. The highest BCUT2D eigenvalue weighted by Crippen LogP contribution is 2.20. The number of rotatable bonds is 2. The van der Waals surface area contributed by atoms with Crippen LogP contribution in [0.15, 0.2) is 28.7 Å². The van der Waals surface area contributed by atoms with Crippen molar-refractivity contribution in [2.75, 3.05) is 0 Å². The van der Waals surface area contributed by atoms with Crippen LogP contribution >= 0.6 is 11.6 Å². The third-order valence-electron chi connectivity index (χ3n) is 3.20. The lowest BCUT2D eigenvalue weighted by Gasteiger charge is -2.08.